The Morgan fingerprint density at radius 3 is 2.39 bits per heavy atom. The Morgan fingerprint density at radius 2 is 1.83 bits per heavy atom. The van der Waals surface area contributed by atoms with Crippen LogP contribution in [0, 0.1) is 0 Å². The molecular weight excluding hydrogens is 248 g/mol. The summed E-state index contributed by atoms with van der Waals surface area (Å²) in [5.74, 6) is 1.08. The van der Waals surface area contributed by atoms with E-state index in [-0.39, 0.29) is 11.7 Å². The summed E-state index contributed by atoms with van der Waals surface area (Å²) in [6, 6.07) is 7.21. The Kier molecular flexibility index (Phi) is 4.36. The standard InChI is InChI=1S/C13H18N2O2S/c1-18-10-13(17)15-8-6-14(7-9-15)11-2-4-12(16)5-3-11/h2-5,16H,6-10H2,1H3. The number of thioether (sulfide) groups is 1. The minimum atomic E-state index is 0.229. The summed E-state index contributed by atoms with van der Waals surface area (Å²) < 4.78 is 0. The number of hydrogen-bond acceptors (Lipinski definition) is 4. The van der Waals surface area contributed by atoms with Gasteiger partial charge in [0, 0.05) is 31.9 Å². The van der Waals surface area contributed by atoms with Crippen LogP contribution < -0.4 is 4.90 Å². The first-order valence-electron chi connectivity index (χ1n) is 6.01. The number of phenols is 1. The van der Waals surface area contributed by atoms with Gasteiger partial charge in [-0.05, 0) is 30.5 Å². The zero-order valence-corrected chi connectivity index (χ0v) is 11.3. The highest BCUT2D eigenvalue weighted by atomic mass is 32.2. The Labute approximate surface area is 112 Å². The molecule has 5 heteroatoms. The van der Waals surface area contributed by atoms with Crippen molar-refractivity contribution in [3.63, 3.8) is 0 Å². The molecule has 1 aliphatic rings. The second-order valence-electron chi connectivity index (χ2n) is 4.32. The Bertz CT molecular complexity index is 400. The first-order valence-corrected chi connectivity index (χ1v) is 7.41. The van der Waals surface area contributed by atoms with E-state index in [1.807, 2.05) is 23.3 Å². The van der Waals surface area contributed by atoms with Crippen LogP contribution in [0.25, 0.3) is 0 Å². The van der Waals surface area contributed by atoms with Crippen molar-refractivity contribution in [2.45, 2.75) is 0 Å². The fourth-order valence-electron chi connectivity index (χ4n) is 2.09. The summed E-state index contributed by atoms with van der Waals surface area (Å²) in [6.45, 7) is 3.26. The predicted molar refractivity (Wildman–Crippen MR) is 75.3 cm³/mol. The van der Waals surface area contributed by atoms with E-state index in [9.17, 15) is 9.90 Å². The molecule has 0 unspecified atom stereocenters. The molecule has 0 aromatic heterocycles. The molecule has 0 radical (unpaired) electrons. The minimum Gasteiger partial charge on any atom is -0.508 e. The highest BCUT2D eigenvalue weighted by Crippen LogP contribution is 2.19. The van der Waals surface area contributed by atoms with Gasteiger partial charge < -0.3 is 14.9 Å². The molecule has 1 aromatic rings. The molecule has 0 spiro atoms. The quantitative estimate of drug-likeness (QED) is 0.898. The molecule has 0 bridgehead atoms. The molecule has 1 fully saturated rings. The fourth-order valence-corrected chi connectivity index (χ4v) is 2.52. The second-order valence-corrected chi connectivity index (χ2v) is 5.18. The first kappa shape index (κ1) is 13.1. The van der Waals surface area contributed by atoms with E-state index < -0.39 is 0 Å². The third kappa shape index (κ3) is 3.10. The molecule has 4 nitrogen and oxygen atoms in total. The molecule has 1 aromatic carbocycles. The number of anilines is 1. The van der Waals surface area contributed by atoms with Gasteiger partial charge in [0.05, 0.1) is 5.75 Å². The maximum atomic E-state index is 11.7. The van der Waals surface area contributed by atoms with Crippen LogP contribution in [0.3, 0.4) is 0 Å². The molecule has 2 rings (SSSR count). The van der Waals surface area contributed by atoms with Gasteiger partial charge in [0.25, 0.3) is 0 Å². The molecule has 98 valence electrons. The number of amides is 1. The van der Waals surface area contributed by atoms with Crippen LogP contribution in [0.5, 0.6) is 5.75 Å². The number of nitrogens with zero attached hydrogens (tertiary/aromatic N) is 2. The monoisotopic (exact) mass is 266 g/mol. The van der Waals surface area contributed by atoms with Crippen molar-refractivity contribution in [1.29, 1.82) is 0 Å². The van der Waals surface area contributed by atoms with E-state index in [1.54, 1.807) is 23.9 Å². The molecule has 1 saturated heterocycles. The van der Waals surface area contributed by atoms with Crippen LogP contribution in [-0.4, -0.2) is 54.1 Å². The van der Waals surface area contributed by atoms with Crippen molar-refractivity contribution in [2.24, 2.45) is 0 Å². The van der Waals surface area contributed by atoms with Gasteiger partial charge in [-0.25, -0.2) is 0 Å². The number of carbonyl (C=O) groups excluding carboxylic acids is 1. The highest BCUT2D eigenvalue weighted by molar-refractivity contribution is 7.99. The van der Waals surface area contributed by atoms with E-state index in [2.05, 4.69) is 4.90 Å². The lowest BCUT2D eigenvalue weighted by Crippen LogP contribution is -2.49. The SMILES string of the molecule is CSCC(=O)N1CCN(c2ccc(O)cc2)CC1. The normalized spacial score (nSPS) is 15.8. The summed E-state index contributed by atoms with van der Waals surface area (Å²) in [6.07, 6.45) is 1.95. The average molecular weight is 266 g/mol. The number of hydrogen-bond donors (Lipinski definition) is 1. The van der Waals surface area contributed by atoms with Crippen molar-refractivity contribution in [2.75, 3.05) is 43.1 Å². The highest BCUT2D eigenvalue weighted by Gasteiger charge is 2.20. The molecule has 1 heterocycles. The predicted octanol–water partition coefficient (Wildman–Crippen LogP) is 1.40. The molecule has 1 aliphatic heterocycles. The smallest absolute Gasteiger partial charge is 0.232 e. The van der Waals surface area contributed by atoms with Gasteiger partial charge in [-0.2, -0.15) is 11.8 Å². The maximum absolute atomic E-state index is 11.7. The number of carbonyl (C=O) groups is 1. The summed E-state index contributed by atoms with van der Waals surface area (Å²) >= 11 is 1.57. The van der Waals surface area contributed by atoms with Gasteiger partial charge in [-0.1, -0.05) is 0 Å². The zero-order valence-electron chi connectivity index (χ0n) is 10.5. The Morgan fingerprint density at radius 1 is 1.22 bits per heavy atom. The first-order chi connectivity index (χ1) is 8.70. The number of benzene rings is 1. The largest absolute Gasteiger partial charge is 0.508 e. The van der Waals surface area contributed by atoms with Gasteiger partial charge in [-0.3, -0.25) is 4.79 Å². The fraction of sp³-hybridized carbons (Fsp3) is 0.462. The summed E-state index contributed by atoms with van der Waals surface area (Å²) in [5.41, 5.74) is 1.10. The van der Waals surface area contributed by atoms with Crippen LogP contribution in [-0.2, 0) is 4.79 Å². The van der Waals surface area contributed by atoms with Gasteiger partial charge in [0.2, 0.25) is 5.91 Å². The second kappa shape index (κ2) is 6.00. The van der Waals surface area contributed by atoms with Crippen LogP contribution in [0.2, 0.25) is 0 Å². The van der Waals surface area contributed by atoms with Crippen LogP contribution in [0.15, 0.2) is 24.3 Å². The third-order valence-electron chi connectivity index (χ3n) is 3.12. The van der Waals surface area contributed by atoms with Crippen LogP contribution >= 0.6 is 11.8 Å². The van der Waals surface area contributed by atoms with E-state index in [0.29, 0.717) is 5.75 Å². The number of rotatable bonds is 3. The van der Waals surface area contributed by atoms with Crippen molar-refractivity contribution >= 4 is 23.4 Å². The van der Waals surface area contributed by atoms with Gasteiger partial charge in [0.15, 0.2) is 0 Å². The van der Waals surface area contributed by atoms with Crippen molar-refractivity contribution in [3.8, 4) is 5.75 Å². The van der Waals surface area contributed by atoms with Crippen LogP contribution in [0.4, 0.5) is 5.69 Å². The zero-order chi connectivity index (χ0) is 13.0. The van der Waals surface area contributed by atoms with E-state index in [4.69, 9.17) is 0 Å². The number of piperazine rings is 1. The molecule has 1 amide bonds. The lowest BCUT2D eigenvalue weighted by Gasteiger charge is -2.36. The van der Waals surface area contributed by atoms with Gasteiger partial charge in [0.1, 0.15) is 5.75 Å². The molecule has 0 saturated carbocycles. The van der Waals surface area contributed by atoms with Gasteiger partial charge in [-0.15, -0.1) is 0 Å². The van der Waals surface area contributed by atoms with Crippen LogP contribution in [0.1, 0.15) is 0 Å². The lowest BCUT2D eigenvalue weighted by atomic mass is 10.2. The molecule has 0 aliphatic carbocycles. The van der Waals surface area contributed by atoms with Gasteiger partial charge >= 0.3 is 0 Å². The topological polar surface area (TPSA) is 43.8 Å². The summed E-state index contributed by atoms with van der Waals surface area (Å²) in [4.78, 5) is 15.9. The Balaban J connectivity index is 1.90. The van der Waals surface area contributed by atoms with Crippen molar-refractivity contribution < 1.29 is 9.90 Å². The molecule has 18 heavy (non-hydrogen) atoms. The number of aromatic hydroxyl groups is 1. The van der Waals surface area contributed by atoms with E-state index in [0.717, 1.165) is 31.9 Å². The molecular formula is C13H18N2O2S. The summed E-state index contributed by atoms with van der Waals surface area (Å²) in [5, 5.41) is 9.26. The van der Waals surface area contributed by atoms with Crippen molar-refractivity contribution in [3.05, 3.63) is 24.3 Å². The number of phenolic OH excluding ortho intramolecular Hbond substituents is 1. The lowest BCUT2D eigenvalue weighted by molar-refractivity contribution is -0.128. The maximum Gasteiger partial charge on any atom is 0.232 e. The van der Waals surface area contributed by atoms with E-state index in [1.165, 1.54) is 0 Å². The molecule has 0 atom stereocenters. The van der Waals surface area contributed by atoms with Crippen molar-refractivity contribution in [1.82, 2.24) is 4.90 Å². The average Bonchev–Trinajstić information content (AvgIpc) is 2.40. The minimum absolute atomic E-state index is 0.229. The molecule has 1 N–H and O–H groups in total. The summed E-state index contributed by atoms with van der Waals surface area (Å²) in [7, 11) is 0. The van der Waals surface area contributed by atoms with E-state index >= 15 is 0 Å². The third-order valence-corrected chi connectivity index (χ3v) is 3.65. The Hall–Kier alpha value is -1.36.